The van der Waals surface area contributed by atoms with Crippen LogP contribution in [0.4, 0.5) is 10.1 Å². The Kier molecular flexibility index (Phi) is 3.35. The normalized spacial score (nSPS) is 10.0. The van der Waals surface area contributed by atoms with Gasteiger partial charge < -0.3 is 5.32 Å². The highest BCUT2D eigenvalue weighted by Gasteiger charge is 2.09. The average Bonchev–Trinajstić information content (AvgIpc) is 2.29. The Bertz CT molecular complexity index is 560. The number of benzene rings is 1. The van der Waals surface area contributed by atoms with Crippen molar-refractivity contribution >= 4 is 23.2 Å². The van der Waals surface area contributed by atoms with Gasteiger partial charge in [0.15, 0.2) is 0 Å². The first kappa shape index (κ1) is 11.5. The third-order valence-electron chi connectivity index (χ3n) is 2.08. The number of halogens is 2. The second-order valence-corrected chi connectivity index (χ2v) is 3.73. The van der Waals surface area contributed by atoms with E-state index < -0.39 is 11.7 Å². The molecule has 0 fully saturated rings. The number of anilines is 1. The van der Waals surface area contributed by atoms with Crippen molar-refractivity contribution in [1.29, 1.82) is 0 Å². The molecule has 0 saturated heterocycles. The smallest absolute Gasteiger partial charge is 0.257 e. The molecule has 3 nitrogen and oxygen atoms in total. The lowest BCUT2D eigenvalue weighted by Crippen LogP contribution is -2.12. The SMILES string of the molecule is O=C(Nc1cncc(F)c1)c1ccccc1Cl. The molecule has 0 bridgehead atoms. The standard InChI is InChI=1S/C12H8ClFN2O/c13-11-4-2-1-3-10(11)12(17)16-9-5-8(14)6-15-7-9/h1-7H,(H,16,17). The van der Waals surface area contributed by atoms with Crippen LogP contribution in [0, 0.1) is 5.82 Å². The lowest BCUT2D eigenvalue weighted by molar-refractivity contribution is 0.102. The number of rotatable bonds is 2. The number of hydrogen-bond acceptors (Lipinski definition) is 2. The molecular formula is C12H8ClFN2O. The number of nitrogens with zero attached hydrogens (tertiary/aromatic N) is 1. The Balaban J connectivity index is 2.20. The van der Waals surface area contributed by atoms with Crippen molar-refractivity contribution in [3.63, 3.8) is 0 Å². The van der Waals surface area contributed by atoms with Crippen LogP contribution >= 0.6 is 11.6 Å². The van der Waals surface area contributed by atoms with Crippen LogP contribution in [0.25, 0.3) is 0 Å². The average molecular weight is 251 g/mol. The Morgan fingerprint density at radius 3 is 2.76 bits per heavy atom. The van der Waals surface area contributed by atoms with Crippen molar-refractivity contribution in [3.05, 3.63) is 59.1 Å². The zero-order valence-corrected chi connectivity index (χ0v) is 9.41. The predicted octanol–water partition coefficient (Wildman–Crippen LogP) is 3.13. The zero-order chi connectivity index (χ0) is 12.3. The van der Waals surface area contributed by atoms with E-state index in [-0.39, 0.29) is 5.69 Å². The summed E-state index contributed by atoms with van der Waals surface area (Å²) in [5, 5.41) is 2.86. The fraction of sp³-hybridized carbons (Fsp3) is 0. The van der Waals surface area contributed by atoms with Gasteiger partial charge in [0.25, 0.3) is 5.91 Å². The molecule has 0 atom stereocenters. The van der Waals surface area contributed by atoms with E-state index in [1.807, 2.05) is 0 Å². The maximum Gasteiger partial charge on any atom is 0.257 e. The van der Waals surface area contributed by atoms with Gasteiger partial charge in [0.1, 0.15) is 5.82 Å². The van der Waals surface area contributed by atoms with Gasteiger partial charge >= 0.3 is 0 Å². The number of aromatic nitrogens is 1. The molecule has 17 heavy (non-hydrogen) atoms. The molecule has 0 saturated carbocycles. The highest BCUT2D eigenvalue weighted by molar-refractivity contribution is 6.34. The number of carbonyl (C=O) groups is 1. The lowest BCUT2D eigenvalue weighted by atomic mass is 10.2. The first-order valence-corrected chi connectivity index (χ1v) is 5.21. The van der Waals surface area contributed by atoms with Crippen LogP contribution in [0.3, 0.4) is 0 Å². The monoisotopic (exact) mass is 250 g/mol. The Morgan fingerprint density at radius 1 is 1.29 bits per heavy atom. The summed E-state index contributed by atoms with van der Waals surface area (Å²) in [5.41, 5.74) is 0.619. The van der Waals surface area contributed by atoms with E-state index in [1.165, 1.54) is 12.3 Å². The second kappa shape index (κ2) is 4.93. The molecule has 2 rings (SSSR count). The number of carbonyl (C=O) groups excluding carboxylic acids is 1. The third kappa shape index (κ3) is 2.79. The molecule has 1 aromatic carbocycles. The highest BCUT2D eigenvalue weighted by atomic mass is 35.5. The fourth-order valence-electron chi connectivity index (χ4n) is 1.32. The summed E-state index contributed by atoms with van der Waals surface area (Å²) in [6.45, 7) is 0. The zero-order valence-electron chi connectivity index (χ0n) is 8.65. The molecule has 86 valence electrons. The molecule has 1 heterocycles. The largest absolute Gasteiger partial charge is 0.320 e. The molecule has 2 aromatic rings. The van der Waals surface area contributed by atoms with Gasteiger partial charge in [-0.3, -0.25) is 9.78 Å². The number of nitrogens with one attached hydrogen (secondary N) is 1. The highest BCUT2D eigenvalue weighted by Crippen LogP contribution is 2.17. The molecule has 0 unspecified atom stereocenters. The predicted molar refractivity (Wildman–Crippen MR) is 63.6 cm³/mol. The summed E-state index contributed by atoms with van der Waals surface area (Å²) in [7, 11) is 0. The maximum absolute atomic E-state index is 12.9. The molecule has 1 amide bonds. The molecule has 0 radical (unpaired) electrons. The van der Waals surface area contributed by atoms with E-state index in [0.29, 0.717) is 10.6 Å². The van der Waals surface area contributed by atoms with Crippen LogP contribution in [0.2, 0.25) is 5.02 Å². The Hall–Kier alpha value is -1.94. The molecule has 0 aliphatic carbocycles. The number of hydrogen-bond donors (Lipinski definition) is 1. The van der Waals surface area contributed by atoms with Gasteiger partial charge in [0.2, 0.25) is 0 Å². The van der Waals surface area contributed by atoms with Crippen molar-refractivity contribution in [2.45, 2.75) is 0 Å². The first-order chi connectivity index (χ1) is 8.16. The van der Waals surface area contributed by atoms with Crippen LogP contribution in [0.5, 0.6) is 0 Å². The molecule has 1 aromatic heterocycles. The molecule has 0 spiro atoms. The van der Waals surface area contributed by atoms with Crippen molar-refractivity contribution < 1.29 is 9.18 Å². The second-order valence-electron chi connectivity index (χ2n) is 3.33. The van der Waals surface area contributed by atoms with Crippen LogP contribution in [-0.2, 0) is 0 Å². The fourth-order valence-corrected chi connectivity index (χ4v) is 1.55. The summed E-state index contributed by atoms with van der Waals surface area (Å²) in [6.07, 6.45) is 2.42. The van der Waals surface area contributed by atoms with Crippen molar-refractivity contribution in [2.75, 3.05) is 5.32 Å². The van der Waals surface area contributed by atoms with Crippen LogP contribution in [0.1, 0.15) is 10.4 Å². The van der Waals surface area contributed by atoms with Gasteiger partial charge in [-0.05, 0) is 12.1 Å². The molecule has 1 N–H and O–H groups in total. The van der Waals surface area contributed by atoms with Crippen molar-refractivity contribution in [3.8, 4) is 0 Å². The van der Waals surface area contributed by atoms with Crippen molar-refractivity contribution in [1.82, 2.24) is 4.98 Å². The van der Waals surface area contributed by atoms with E-state index in [0.717, 1.165) is 6.20 Å². The summed E-state index contributed by atoms with van der Waals surface area (Å²) in [4.78, 5) is 15.4. The first-order valence-electron chi connectivity index (χ1n) is 4.83. The van der Waals surface area contributed by atoms with Crippen LogP contribution < -0.4 is 5.32 Å². The quantitative estimate of drug-likeness (QED) is 0.890. The lowest BCUT2D eigenvalue weighted by Gasteiger charge is -2.05. The minimum absolute atomic E-state index is 0.287. The minimum atomic E-state index is -0.512. The summed E-state index contributed by atoms with van der Waals surface area (Å²) >= 11 is 5.87. The Labute approximate surface area is 102 Å². The number of amides is 1. The molecule has 0 aliphatic heterocycles. The summed E-state index contributed by atoms with van der Waals surface area (Å²) in [6, 6.07) is 7.81. The van der Waals surface area contributed by atoms with Gasteiger partial charge in [-0.15, -0.1) is 0 Å². The van der Waals surface area contributed by atoms with Gasteiger partial charge in [0, 0.05) is 6.07 Å². The summed E-state index contributed by atoms with van der Waals surface area (Å²) in [5.74, 6) is -0.912. The van der Waals surface area contributed by atoms with Crippen LogP contribution in [0.15, 0.2) is 42.7 Å². The number of pyridine rings is 1. The maximum atomic E-state index is 12.9. The van der Waals surface area contributed by atoms with Gasteiger partial charge in [-0.2, -0.15) is 0 Å². The van der Waals surface area contributed by atoms with E-state index >= 15 is 0 Å². The van der Waals surface area contributed by atoms with E-state index in [1.54, 1.807) is 24.3 Å². The van der Waals surface area contributed by atoms with E-state index in [4.69, 9.17) is 11.6 Å². The summed E-state index contributed by atoms with van der Waals surface area (Å²) < 4.78 is 12.9. The van der Waals surface area contributed by atoms with Crippen LogP contribution in [-0.4, -0.2) is 10.9 Å². The Morgan fingerprint density at radius 2 is 2.06 bits per heavy atom. The van der Waals surface area contributed by atoms with Gasteiger partial charge in [0.05, 0.1) is 28.7 Å². The van der Waals surface area contributed by atoms with E-state index in [2.05, 4.69) is 10.3 Å². The minimum Gasteiger partial charge on any atom is -0.320 e. The third-order valence-corrected chi connectivity index (χ3v) is 2.41. The molecule has 5 heteroatoms. The topological polar surface area (TPSA) is 42.0 Å². The van der Waals surface area contributed by atoms with Gasteiger partial charge in [-0.1, -0.05) is 23.7 Å². The molecule has 0 aliphatic rings. The molecular weight excluding hydrogens is 243 g/mol. The van der Waals surface area contributed by atoms with Gasteiger partial charge in [-0.25, -0.2) is 4.39 Å². The van der Waals surface area contributed by atoms with E-state index in [9.17, 15) is 9.18 Å². The van der Waals surface area contributed by atoms with Crippen molar-refractivity contribution in [2.24, 2.45) is 0 Å².